The highest BCUT2D eigenvalue weighted by Gasteiger charge is 2.39. The van der Waals surface area contributed by atoms with Crippen molar-refractivity contribution in [3.05, 3.63) is 29.8 Å². The lowest BCUT2D eigenvalue weighted by atomic mass is 9.94. The zero-order chi connectivity index (χ0) is 14.3. The lowest BCUT2D eigenvalue weighted by Gasteiger charge is -2.27. The van der Waals surface area contributed by atoms with Gasteiger partial charge in [-0.05, 0) is 55.7 Å². The molecule has 4 atom stereocenters. The molecule has 2 aliphatic carbocycles. The molecule has 20 heavy (non-hydrogen) atoms. The van der Waals surface area contributed by atoms with Gasteiger partial charge in [-0.15, -0.1) is 0 Å². The van der Waals surface area contributed by atoms with Crippen LogP contribution < -0.4 is 10.5 Å². The average Bonchev–Trinajstić information content (AvgIpc) is 3.00. The van der Waals surface area contributed by atoms with Crippen LogP contribution in [0.3, 0.4) is 0 Å². The lowest BCUT2D eigenvalue weighted by molar-refractivity contribution is 0.327. The van der Waals surface area contributed by atoms with Gasteiger partial charge in [0, 0.05) is 12.1 Å². The van der Waals surface area contributed by atoms with Crippen LogP contribution in [0.2, 0.25) is 0 Å². The highest BCUT2D eigenvalue weighted by atomic mass is 32.2. The van der Waals surface area contributed by atoms with E-state index in [4.69, 9.17) is 5.14 Å². The topological polar surface area (TPSA) is 72.2 Å². The van der Waals surface area contributed by atoms with E-state index in [2.05, 4.69) is 12.2 Å². The molecule has 1 aromatic rings. The average molecular weight is 294 g/mol. The first kappa shape index (κ1) is 14.0. The number of sulfonamides is 1. The predicted octanol–water partition coefficient (Wildman–Crippen LogP) is 2.17. The van der Waals surface area contributed by atoms with E-state index in [0.29, 0.717) is 6.04 Å². The molecule has 5 heteroatoms. The van der Waals surface area contributed by atoms with E-state index >= 15 is 0 Å². The van der Waals surface area contributed by atoms with Gasteiger partial charge < -0.3 is 5.32 Å². The van der Waals surface area contributed by atoms with Crippen LogP contribution in [0.4, 0.5) is 0 Å². The Kier molecular flexibility index (Phi) is 3.60. The van der Waals surface area contributed by atoms with Gasteiger partial charge in [-0.1, -0.05) is 18.6 Å². The minimum absolute atomic E-state index is 0.174. The zero-order valence-electron chi connectivity index (χ0n) is 11.7. The second kappa shape index (κ2) is 5.13. The Morgan fingerprint density at radius 2 is 1.90 bits per heavy atom. The first-order chi connectivity index (χ1) is 9.43. The normalized spacial score (nSPS) is 30.6. The van der Waals surface area contributed by atoms with Gasteiger partial charge in [0.25, 0.3) is 0 Å². The molecule has 2 aliphatic rings. The third kappa shape index (κ3) is 2.75. The molecule has 0 heterocycles. The first-order valence-corrected chi connectivity index (χ1v) is 8.87. The smallest absolute Gasteiger partial charge is 0.238 e. The van der Waals surface area contributed by atoms with Crippen molar-refractivity contribution in [2.75, 3.05) is 0 Å². The molecule has 0 amide bonds. The summed E-state index contributed by atoms with van der Waals surface area (Å²) >= 11 is 0. The van der Waals surface area contributed by atoms with E-state index in [1.54, 1.807) is 12.1 Å². The van der Waals surface area contributed by atoms with Gasteiger partial charge in [0.15, 0.2) is 0 Å². The fourth-order valence-electron chi connectivity index (χ4n) is 3.81. The molecule has 0 aromatic heterocycles. The number of nitrogens with two attached hydrogens (primary N) is 1. The quantitative estimate of drug-likeness (QED) is 0.894. The minimum atomic E-state index is -3.59. The third-order valence-electron chi connectivity index (χ3n) is 4.91. The standard InChI is InChI=1S/C15H22N2O2S/c1-10(17-15-9-11-2-3-13(15)8-11)12-4-6-14(7-5-12)20(16,18)19/h4-7,10-11,13,15,17H,2-3,8-9H2,1H3,(H2,16,18,19). The Morgan fingerprint density at radius 3 is 2.40 bits per heavy atom. The Bertz CT molecular complexity index is 582. The molecular weight excluding hydrogens is 272 g/mol. The highest BCUT2D eigenvalue weighted by Crippen LogP contribution is 2.45. The Labute approximate surface area is 120 Å². The SMILES string of the molecule is CC(NC1CC2CCC1C2)c1ccc(S(N)(=O)=O)cc1. The Hall–Kier alpha value is -0.910. The fraction of sp³-hybridized carbons (Fsp3) is 0.600. The Balaban J connectivity index is 1.67. The van der Waals surface area contributed by atoms with Crippen LogP contribution in [-0.2, 0) is 10.0 Å². The van der Waals surface area contributed by atoms with E-state index in [0.717, 1.165) is 17.4 Å². The number of benzene rings is 1. The lowest BCUT2D eigenvalue weighted by Crippen LogP contribution is -2.35. The first-order valence-electron chi connectivity index (χ1n) is 7.32. The Morgan fingerprint density at radius 1 is 1.20 bits per heavy atom. The van der Waals surface area contributed by atoms with E-state index in [1.165, 1.54) is 25.7 Å². The van der Waals surface area contributed by atoms with Crippen molar-refractivity contribution in [2.24, 2.45) is 17.0 Å². The molecule has 3 rings (SSSR count). The van der Waals surface area contributed by atoms with E-state index < -0.39 is 10.0 Å². The summed E-state index contributed by atoms with van der Waals surface area (Å²) in [4.78, 5) is 0.174. The number of rotatable bonds is 4. The maximum Gasteiger partial charge on any atom is 0.238 e. The summed E-state index contributed by atoms with van der Waals surface area (Å²) in [5, 5.41) is 8.82. The molecule has 0 radical (unpaired) electrons. The minimum Gasteiger partial charge on any atom is -0.307 e. The van der Waals surface area contributed by atoms with Gasteiger partial charge in [0.2, 0.25) is 10.0 Å². The van der Waals surface area contributed by atoms with Crippen molar-refractivity contribution in [3.63, 3.8) is 0 Å². The summed E-state index contributed by atoms with van der Waals surface area (Å²) in [5.74, 6) is 1.76. The van der Waals surface area contributed by atoms with Crippen LogP contribution in [0, 0.1) is 11.8 Å². The largest absolute Gasteiger partial charge is 0.307 e. The summed E-state index contributed by atoms with van der Waals surface area (Å²) in [7, 11) is -3.59. The van der Waals surface area contributed by atoms with Crippen molar-refractivity contribution < 1.29 is 8.42 Å². The molecule has 1 aromatic carbocycles. The van der Waals surface area contributed by atoms with Gasteiger partial charge in [0.1, 0.15) is 0 Å². The monoisotopic (exact) mass is 294 g/mol. The van der Waals surface area contributed by atoms with Crippen molar-refractivity contribution in [3.8, 4) is 0 Å². The van der Waals surface area contributed by atoms with E-state index in [-0.39, 0.29) is 10.9 Å². The van der Waals surface area contributed by atoms with Gasteiger partial charge in [-0.2, -0.15) is 0 Å². The highest BCUT2D eigenvalue weighted by molar-refractivity contribution is 7.89. The fourth-order valence-corrected chi connectivity index (χ4v) is 4.33. The van der Waals surface area contributed by atoms with Gasteiger partial charge in [-0.3, -0.25) is 0 Å². The number of primary sulfonamides is 1. The van der Waals surface area contributed by atoms with Crippen molar-refractivity contribution in [1.29, 1.82) is 0 Å². The van der Waals surface area contributed by atoms with Crippen molar-refractivity contribution >= 4 is 10.0 Å². The van der Waals surface area contributed by atoms with Crippen LogP contribution in [0.15, 0.2) is 29.2 Å². The van der Waals surface area contributed by atoms with Gasteiger partial charge in [-0.25, -0.2) is 13.6 Å². The number of hydrogen-bond donors (Lipinski definition) is 2. The molecule has 2 saturated carbocycles. The molecule has 0 aliphatic heterocycles. The molecule has 4 unspecified atom stereocenters. The summed E-state index contributed by atoms with van der Waals surface area (Å²) in [6.45, 7) is 2.14. The molecule has 110 valence electrons. The predicted molar refractivity (Wildman–Crippen MR) is 78.6 cm³/mol. The summed E-state index contributed by atoms with van der Waals surface area (Å²) in [6, 6.07) is 7.75. The van der Waals surface area contributed by atoms with E-state index in [9.17, 15) is 8.42 Å². The van der Waals surface area contributed by atoms with Gasteiger partial charge >= 0.3 is 0 Å². The van der Waals surface area contributed by atoms with Crippen LogP contribution in [-0.4, -0.2) is 14.5 Å². The third-order valence-corrected chi connectivity index (χ3v) is 5.84. The van der Waals surface area contributed by atoms with Crippen LogP contribution in [0.25, 0.3) is 0 Å². The summed E-state index contributed by atoms with van der Waals surface area (Å²) in [6.07, 6.45) is 5.44. The zero-order valence-corrected chi connectivity index (χ0v) is 12.6. The maximum atomic E-state index is 11.2. The molecule has 3 N–H and O–H groups in total. The van der Waals surface area contributed by atoms with Gasteiger partial charge in [0.05, 0.1) is 4.90 Å². The van der Waals surface area contributed by atoms with E-state index in [1.807, 2.05) is 12.1 Å². The molecule has 0 spiro atoms. The second-order valence-corrected chi connectivity index (χ2v) is 7.85. The van der Waals surface area contributed by atoms with Crippen molar-refractivity contribution in [2.45, 2.75) is 49.6 Å². The molecule has 2 fully saturated rings. The maximum absolute atomic E-state index is 11.2. The van der Waals surface area contributed by atoms with Crippen LogP contribution in [0.5, 0.6) is 0 Å². The van der Waals surface area contributed by atoms with Crippen LogP contribution in [0.1, 0.15) is 44.2 Å². The van der Waals surface area contributed by atoms with Crippen LogP contribution >= 0.6 is 0 Å². The van der Waals surface area contributed by atoms with Crippen molar-refractivity contribution in [1.82, 2.24) is 5.32 Å². The number of hydrogen-bond acceptors (Lipinski definition) is 3. The number of nitrogens with one attached hydrogen (secondary N) is 1. The summed E-state index contributed by atoms with van der Waals surface area (Å²) < 4.78 is 22.5. The molecular formula is C15H22N2O2S. The summed E-state index contributed by atoms with van der Waals surface area (Å²) in [5.41, 5.74) is 1.11. The molecule has 2 bridgehead atoms. The molecule has 0 saturated heterocycles. The second-order valence-electron chi connectivity index (χ2n) is 6.28. The molecule has 4 nitrogen and oxygen atoms in total. The number of fused-ring (bicyclic) bond motifs is 2.